The van der Waals surface area contributed by atoms with Crippen LogP contribution in [-0.2, 0) is 10.3 Å². The van der Waals surface area contributed by atoms with Gasteiger partial charge in [0, 0.05) is 18.8 Å². The van der Waals surface area contributed by atoms with Crippen molar-refractivity contribution < 1.29 is 37.3 Å². The Morgan fingerprint density at radius 3 is 2.56 bits per heavy atom. The van der Waals surface area contributed by atoms with E-state index >= 15 is 0 Å². The second-order valence-electron chi connectivity index (χ2n) is 7.46. The van der Waals surface area contributed by atoms with Gasteiger partial charge in [-0.25, -0.2) is 4.98 Å². The lowest BCUT2D eigenvalue weighted by atomic mass is 9.81. The van der Waals surface area contributed by atoms with Crippen molar-refractivity contribution in [3.05, 3.63) is 77.9 Å². The zero-order valence-electron chi connectivity index (χ0n) is 18.3. The summed E-state index contributed by atoms with van der Waals surface area (Å²) in [5.41, 5.74) is 0.379. The lowest BCUT2D eigenvalue weighted by Gasteiger charge is -2.38. The van der Waals surface area contributed by atoms with E-state index in [1.807, 2.05) is 0 Å². The fourth-order valence-electron chi connectivity index (χ4n) is 3.96. The van der Waals surface area contributed by atoms with E-state index in [-0.39, 0.29) is 24.5 Å². The molecule has 4 heterocycles. The SMILES string of the molecule is O=C(N[C@]1(c2ccc(OC(F)(F)F)cc2)CCOc2cccnc21)c1n[nH]c2ncccc12.O=CO. The summed E-state index contributed by atoms with van der Waals surface area (Å²) in [6.45, 7) is 0.00262. The summed E-state index contributed by atoms with van der Waals surface area (Å²) in [6, 6.07) is 12.2. The highest BCUT2D eigenvalue weighted by Gasteiger charge is 2.43. The minimum atomic E-state index is -4.81. The van der Waals surface area contributed by atoms with Crippen LogP contribution in [0.2, 0.25) is 0 Å². The van der Waals surface area contributed by atoms with Crippen LogP contribution < -0.4 is 14.8 Å². The Kier molecular flexibility index (Phi) is 6.72. The minimum Gasteiger partial charge on any atom is -0.491 e. The molecule has 0 aliphatic carbocycles. The Labute approximate surface area is 201 Å². The highest BCUT2D eigenvalue weighted by atomic mass is 19.4. The third-order valence-corrected chi connectivity index (χ3v) is 5.37. The molecular formula is C23H18F3N5O5. The maximum absolute atomic E-state index is 13.4. The summed E-state index contributed by atoms with van der Waals surface area (Å²) in [7, 11) is 0. The molecule has 0 bridgehead atoms. The van der Waals surface area contributed by atoms with Gasteiger partial charge in [-0.1, -0.05) is 12.1 Å². The van der Waals surface area contributed by atoms with Gasteiger partial charge in [0.25, 0.3) is 12.4 Å². The third-order valence-electron chi connectivity index (χ3n) is 5.37. The number of carbonyl (C=O) groups excluding carboxylic acids is 1. The average Bonchev–Trinajstić information content (AvgIpc) is 3.29. The van der Waals surface area contributed by atoms with Crippen LogP contribution in [0, 0.1) is 0 Å². The van der Waals surface area contributed by atoms with Crippen LogP contribution in [0.25, 0.3) is 11.0 Å². The molecule has 0 saturated carbocycles. The largest absolute Gasteiger partial charge is 0.573 e. The Hall–Kier alpha value is -4.68. The summed E-state index contributed by atoms with van der Waals surface area (Å²) in [4.78, 5) is 30.3. The molecule has 3 N–H and O–H groups in total. The quantitative estimate of drug-likeness (QED) is 0.362. The van der Waals surface area contributed by atoms with E-state index in [0.29, 0.717) is 34.5 Å². The fraction of sp³-hybridized carbons (Fsp3) is 0.174. The van der Waals surface area contributed by atoms with Crippen molar-refractivity contribution in [2.45, 2.75) is 18.3 Å². The topological polar surface area (TPSA) is 139 Å². The zero-order chi connectivity index (χ0) is 25.8. The molecule has 186 valence electrons. The number of amides is 1. The van der Waals surface area contributed by atoms with E-state index in [4.69, 9.17) is 14.6 Å². The Balaban J connectivity index is 0.000000967. The molecule has 5 rings (SSSR count). The second kappa shape index (κ2) is 9.90. The molecule has 4 aromatic rings. The molecule has 1 aromatic carbocycles. The van der Waals surface area contributed by atoms with Crippen molar-refractivity contribution in [2.75, 3.05) is 6.61 Å². The van der Waals surface area contributed by atoms with Gasteiger partial charge < -0.3 is 19.9 Å². The first kappa shape index (κ1) is 24.4. The molecule has 0 spiro atoms. The van der Waals surface area contributed by atoms with Gasteiger partial charge in [0.1, 0.15) is 22.7 Å². The highest BCUT2D eigenvalue weighted by Crippen LogP contribution is 2.41. The first-order valence-corrected chi connectivity index (χ1v) is 10.4. The smallest absolute Gasteiger partial charge is 0.491 e. The number of ether oxygens (including phenoxy) is 2. The third kappa shape index (κ3) is 4.89. The van der Waals surface area contributed by atoms with Crippen LogP contribution in [0.5, 0.6) is 11.5 Å². The number of aromatic amines is 1. The number of H-pyrrole nitrogens is 1. The molecule has 1 aliphatic rings. The van der Waals surface area contributed by atoms with Crippen LogP contribution in [0.15, 0.2) is 60.9 Å². The summed E-state index contributed by atoms with van der Waals surface area (Å²) >= 11 is 0. The van der Waals surface area contributed by atoms with Crippen molar-refractivity contribution in [1.82, 2.24) is 25.5 Å². The standard InChI is InChI=1S/C22H16F3N5O3.CH2O2/c23-22(24,25)33-14-7-5-13(6-8-14)21(9-12-32-16-4-2-10-26-18(16)21)28-20(31)17-15-3-1-11-27-19(15)30-29-17;2-1-3/h1-8,10-11H,9,12H2,(H,28,31)(H,27,29,30);1H,(H,2,3)/t21-;/m0./s1. The molecule has 1 atom stereocenters. The number of aromatic nitrogens is 4. The van der Waals surface area contributed by atoms with Gasteiger partial charge in [0.15, 0.2) is 11.3 Å². The molecule has 1 aliphatic heterocycles. The number of halogens is 3. The lowest BCUT2D eigenvalue weighted by molar-refractivity contribution is -0.274. The number of carbonyl (C=O) groups is 2. The number of alkyl halides is 3. The maximum atomic E-state index is 13.4. The summed E-state index contributed by atoms with van der Waals surface area (Å²) < 4.78 is 47.5. The molecular weight excluding hydrogens is 483 g/mol. The van der Waals surface area contributed by atoms with Gasteiger partial charge in [0.05, 0.1) is 12.0 Å². The van der Waals surface area contributed by atoms with Crippen molar-refractivity contribution in [3.8, 4) is 11.5 Å². The van der Waals surface area contributed by atoms with Gasteiger partial charge in [-0.3, -0.25) is 19.7 Å². The van der Waals surface area contributed by atoms with E-state index in [2.05, 4.69) is 30.2 Å². The van der Waals surface area contributed by atoms with E-state index in [1.165, 1.54) is 24.3 Å². The summed E-state index contributed by atoms with van der Waals surface area (Å²) in [5.74, 6) is -0.401. The molecule has 3 aromatic heterocycles. The number of rotatable bonds is 4. The normalized spacial score (nSPS) is 16.6. The van der Waals surface area contributed by atoms with Crippen LogP contribution in [0.4, 0.5) is 13.2 Å². The number of fused-ring (bicyclic) bond motifs is 2. The molecule has 0 fully saturated rings. The molecule has 0 radical (unpaired) electrons. The number of benzene rings is 1. The minimum absolute atomic E-state index is 0.137. The molecule has 36 heavy (non-hydrogen) atoms. The Bertz CT molecular complexity index is 1380. The number of carboxylic acid groups (broad SMARTS) is 1. The van der Waals surface area contributed by atoms with Gasteiger partial charge >= 0.3 is 6.36 Å². The molecule has 10 nitrogen and oxygen atoms in total. The molecule has 1 amide bonds. The van der Waals surface area contributed by atoms with Crippen LogP contribution in [-0.4, -0.2) is 50.6 Å². The number of nitrogens with zero attached hydrogens (tertiary/aromatic N) is 3. The zero-order valence-corrected chi connectivity index (χ0v) is 18.3. The van der Waals surface area contributed by atoms with E-state index in [0.717, 1.165) is 0 Å². The van der Waals surface area contributed by atoms with Crippen LogP contribution in [0.3, 0.4) is 0 Å². The summed E-state index contributed by atoms with van der Waals surface area (Å²) in [6.07, 6.45) is -1.38. The number of hydrogen-bond donors (Lipinski definition) is 3. The first-order valence-electron chi connectivity index (χ1n) is 10.4. The van der Waals surface area contributed by atoms with Crippen molar-refractivity contribution in [1.29, 1.82) is 0 Å². The lowest BCUT2D eigenvalue weighted by Crippen LogP contribution is -2.50. The van der Waals surface area contributed by atoms with Crippen LogP contribution >= 0.6 is 0 Å². The first-order chi connectivity index (χ1) is 17.3. The Morgan fingerprint density at radius 1 is 1.14 bits per heavy atom. The number of hydrogen-bond acceptors (Lipinski definition) is 7. The molecule has 13 heteroatoms. The van der Waals surface area contributed by atoms with Crippen molar-refractivity contribution in [3.63, 3.8) is 0 Å². The van der Waals surface area contributed by atoms with Crippen molar-refractivity contribution >= 4 is 23.4 Å². The predicted molar refractivity (Wildman–Crippen MR) is 118 cm³/mol. The fourth-order valence-corrected chi connectivity index (χ4v) is 3.96. The van der Waals surface area contributed by atoms with Gasteiger partial charge in [-0.15, -0.1) is 13.2 Å². The van der Waals surface area contributed by atoms with E-state index < -0.39 is 17.8 Å². The number of nitrogens with one attached hydrogen (secondary N) is 2. The predicted octanol–water partition coefficient (Wildman–Crippen LogP) is 3.41. The maximum Gasteiger partial charge on any atom is 0.573 e. The highest BCUT2D eigenvalue weighted by molar-refractivity contribution is 6.04. The Morgan fingerprint density at radius 2 is 1.83 bits per heavy atom. The monoisotopic (exact) mass is 501 g/mol. The molecule has 0 unspecified atom stereocenters. The van der Waals surface area contributed by atoms with Gasteiger partial charge in [0.2, 0.25) is 0 Å². The second-order valence-corrected chi connectivity index (χ2v) is 7.46. The average molecular weight is 501 g/mol. The summed E-state index contributed by atoms with van der Waals surface area (Å²) in [5, 5.41) is 17.3. The van der Waals surface area contributed by atoms with Crippen LogP contribution in [0.1, 0.15) is 28.2 Å². The van der Waals surface area contributed by atoms with E-state index in [1.54, 1.807) is 36.7 Å². The van der Waals surface area contributed by atoms with Gasteiger partial charge in [-0.05, 0) is 42.0 Å². The molecule has 0 saturated heterocycles. The van der Waals surface area contributed by atoms with Crippen molar-refractivity contribution in [2.24, 2.45) is 0 Å². The van der Waals surface area contributed by atoms with Gasteiger partial charge in [-0.2, -0.15) is 5.10 Å². The number of pyridine rings is 2. The van der Waals surface area contributed by atoms with E-state index in [9.17, 15) is 18.0 Å².